The van der Waals surface area contributed by atoms with Crippen molar-refractivity contribution < 1.29 is 27.1 Å². The van der Waals surface area contributed by atoms with Crippen molar-refractivity contribution in [1.29, 1.82) is 0 Å². The van der Waals surface area contributed by atoms with Gasteiger partial charge in [-0.1, -0.05) is 36.2 Å². The number of carbonyl (C=O) groups excluding carboxylic acids is 2. The lowest BCUT2D eigenvalue weighted by Crippen LogP contribution is -2.53. The van der Waals surface area contributed by atoms with Crippen LogP contribution in [0.2, 0.25) is 10.0 Å². The van der Waals surface area contributed by atoms with Gasteiger partial charge in [0.05, 0.1) is 17.7 Å². The van der Waals surface area contributed by atoms with Crippen molar-refractivity contribution in [3.8, 4) is 5.75 Å². The van der Waals surface area contributed by atoms with Gasteiger partial charge in [-0.2, -0.15) is 0 Å². The van der Waals surface area contributed by atoms with Gasteiger partial charge >= 0.3 is 0 Å². The molecule has 0 aromatic heterocycles. The highest BCUT2D eigenvalue weighted by Gasteiger charge is 2.34. The second kappa shape index (κ2) is 14.0. The zero-order valence-electron chi connectivity index (χ0n) is 23.1. The SMILES string of the molecule is CC[C@@H](C(=O)NC(C)C)N(Cc1ccc(Cl)cc1Cl)C(=O)CN(c1ccc(F)cc1)S(=O)(=O)c1ccc(OC)cc1. The first-order valence-corrected chi connectivity index (χ1v) is 15.0. The minimum absolute atomic E-state index is 0.0692. The third-order valence-corrected chi connectivity index (χ3v) is 8.59. The summed E-state index contributed by atoms with van der Waals surface area (Å²) in [6, 6.07) is 14.1. The van der Waals surface area contributed by atoms with E-state index in [2.05, 4.69) is 5.32 Å². The molecule has 41 heavy (non-hydrogen) atoms. The summed E-state index contributed by atoms with van der Waals surface area (Å²) in [5, 5.41) is 3.51. The van der Waals surface area contributed by atoms with Crippen LogP contribution in [-0.2, 0) is 26.2 Å². The number of rotatable bonds is 12. The molecule has 12 heteroatoms. The predicted octanol–water partition coefficient (Wildman–Crippen LogP) is 5.67. The first-order valence-electron chi connectivity index (χ1n) is 12.8. The van der Waals surface area contributed by atoms with E-state index >= 15 is 0 Å². The van der Waals surface area contributed by atoms with Gasteiger partial charge in [-0.15, -0.1) is 0 Å². The molecule has 0 fully saturated rings. The largest absolute Gasteiger partial charge is 0.497 e. The monoisotopic (exact) mass is 623 g/mol. The van der Waals surface area contributed by atoms with Gasteiger partial charge in [-0.05, 0) is 86.5 Å². The van der Waals surface area contributed by atoms with Crippen LogP contribution in [0.4, 0.5) is 10.1 Å². The molecular weight excluding hydrogens is 592 g/mol. The molecule has 0 saturated carbocycles. The van der Waals surface area contributed by atoms with Crippen LogP contribution in [0.25, 0.3) is 0 Å². The molecule has 0 aliphatic carbocycles. The Labute approximate surface area is 250 Å². The summed E-state index contributed by atoms with van der Waals surface area (Å²) >= 11 is 12.5. The molecule has 1 N–H and O–H groups in total. The van der Waals surface area contributed by atoms with E-state index in [1.807, 2.05) is 0 Å². The molecule has 3 rings (SSSR count). The first kappa shape index (κ1) is 32.2. The van der Waals surface area contributed by atoms with Crippen molar-refractivity contribution in [3.63, 3.8) is 0 Å². The Hall–Kier alpha value is -3.34. The normalized spacial score (nSPS) is 12.1. The molecule has 0 aliphatic rings. The fraction of sp³-hybridized carbons (Fsp3) is 0.310. The van der Waals surface area contributed by atoms with E-state index in [1.54, 1.807) is 32.9 Å². The molecule has 1 atom stereocenters. The Morgan fingerprint density at radius 3 is 2.17 bits per heavy atom. The third kappa shape index (κ3) is 8.12. The van der Waals surface area contributed by atoms with Gasteiger partial charge in [0.1, 0.15) is 24.2 Å². The third-order valence-electron chi connectivity index (χ3n) is 6.21. The predicted molar refractivity (Wildman–Crippen MR) is 158 cm³/mol. The molecular formula is C29H32Cl2FN3O5S. The molecule has 3 aromatic carbocycles. The van der Waals surface area contributed by atoms with Gasteiger partial charge in [-0.25, -0.2) is 12.8 Å². The molecule has 220 valence electrons. The second-order valence-corrected chi connectivity index (χ2v) is 12.2. The van der Waals surface area contributed by atoms with Gasteiger partial charge < -0.3 is 15.0 Å². The highest BCUT2D eigenvalue weighted by molar-refractivity contribution is 7.92. The highest BCUT2D eigenvalue weighted by Crippen LogP contribution is 2.28. The summed E-state index contributed by atoms with van der Waals surface area (Å²) in [6.07, 6.45) is 0.247. The standard InChI is InChI=1S/C29H32Cl2FN3O5S/c1-5-27(29(37)33-19(2)3)34(17-20-6-7-21(30)16-26(20)31)28(36)18-35(23-10-8-22(32)9-11-23)41(38,39)25-14-12-24(40-4)13-15-25/h6-16,19,27H,5,17-18H2,1-4H3,(H,33,37)/t27-/m0/s1. The van der Waals surface area contributed by atoms with E-state index in [0.717, 1.165) is 16.4 Å². The molecule has 3 aromatic rings. The first-order chi connectivity index (χ1) is 19.4. The van der Waals surface area contributed by atoms with Crippen LogP contribution in [0.1, 0.15) is 32.8 Å². The number of ether oxygens (including phenoxy) is 1. The molecule has 0 bridgehead atoms. The minimum Gasteiger partial charge on any atom is -0.497 e. The summed E-state index contributed by atoms with van der Waals surface area (Å²) < 4.78 is 47.5. The van der Waals surface area contributed by atoms with Crippen LogP contribution < -0.4 is 14.4 Å². The molecule has 0 aliphatic heterocycles. The quantitative estimate of drug-likeness (QED) is 0.280. The molecule has 8 nitrogen and oxygen atoms in total. The molecule has 0 radical (unpaired) electrons. The number of hydrogen-bond acceptors (Lipinski definition) is 5. The van der Waals surface area contributed by atoms with Crippen LogP contribution in [0.15, 0.2) is 71.6 Å². The highest BCUT2D eigenvalue weighted by atomic mass is 35.5. The van der Waals surface area contributed by atoms with Crippen molar-refractivity contribution in [1.82, 2.24) is 10.2 Å². The van der Waals surface area contributed by atoms with Gasteiger partial charge in [0.2, 0.25) is 11.8 Å². The zero-order valence-corrected chi connectivity index (χ0v) is 25.4. The number of anilines is 1. The lowest BCUT2D eigenvalue weighted by molar-refractivity contribution is -0.140. The van der Waals surface area contributed by atoms with E-state index in [9.17, 15) is 22.4 Å². The van der Waals surface area contributed by atoms with E-state index < -0.39 is 40.2 Å². The number of hydrogen-bond donors (Lipinski definition) is 1. The average Bonchev–Trinajstić information content (AvgIpc) is 2.92. The molecule has 0 unspecified atom stereocenters. The average molecular weight is 625 g/mol. The van der Waals surface area contributed by atoms with Crippen molar-refractivity contribution in [3.05, 3.63) is 88.2 Å². The van der Waals surface area contributed by atoms with Crippen LogP contribution in [-0.4, -0.2) is 50.9 Å². The lowest BCUT2D eigenvalue weighted by Gasteiger charge is -2.33. The van der Waals surface area contributed by atoms with Crippen molar-refractivity contribution in [2.45, 2.75) is 50.7 Å². The number of sulfonamides is 1. The number of carbonyl (C=O) groups is 2. The maximum Gasteiger partial charge on any atom is 0.264 e. The van der Waals surface area contributed by atoms with Gasteiger partial charge in [-0.3, -0.25) is 13.9 Å². The number of halogens is 3. The smallest absolute Gasteiger partial charge is 0.264 e. The minimum atomic E-state index is -4.32. The lowest BCUT2D eigenvalue weighted by atomic mass is 10.1. The van der Waals surface area contributed by atoms with E-state index in [0.29, 0.717) is 16.3 Å². The summed E-state index contributed by atoms with van der Waals surface area (Å²) in [5.74, 6) is -1.19. The Balaban J connectivity index is 2.08. The van der Waals surface area contributed by atoms with Crippen LogP contribution in [0, 0.1) is 5.82 Å². The topological polar surface area (TPSA) is 96.0 Å². The number of methoxy groups -OCH3 is 1. The second-order valence-electron chi connectivity index (χ2n) is 9.51. The van der Waals surface area contributed by atoms with E-state index in [4.69, 9.17) is 27.9 Å². The van der Waals surface area contributed by atoms with Gasteiger partial charge in [0, 0.05) is 22.6 Å². The number of amides is 2. The Kier molecular flexibility index (Phi) is 11.0. The molecule has 0 saturated heterocycles. The fourth-order valence-electron chi connectivity index (χ4n) is 4.14. The Morgan fingerprint density at radius 2 is 1.63 bits per heavy atom. The Morgan fingerprint density at radius 1 is 1.00 bits per heavy atom. The summed E-state index contributed by atoms with van der Waals surface area (Å²) in [7, 11) is -2.86. The van der Waals surface area contributed by atoms with Gasteiger partial charge in [0.15, 0.2) is 0 Å². The van der Waals surface area contributed by atoms with Crippen molar-refractivity contribution in [2.75, 3.05) is 18.0 Å². The van der Waals surface area contributed by atoms with E-state index in [1.165, 1.54) is 54.5 Å². The maximum atomic E-state index is 14.0. The van der Waals surface area contributed by atoms with Gasteiger partial charge in [0.25, 0.3) is 10.0 Å². The zero-order chi connectivity index (χ0) is 30.3. The van der Waals surface area contributed by atoms with E-state index in [-0.39, 0.29) is 34.6 Å². The maximum absolute atomic E-state index is 14.0. The number of nitrogens with one attached hydrogen (secondary N) is 1. The summed E-state index contributed by atoms with van der Waals surface area (Å²) in [6.45, 7) is 4.59. The van der Waals surface area contributed by atoms with Crippen LogP contribution in [0.5, 0.6) is 5.75 Å². The fourth-order valence-corrected chi connectivity index (χ4v) is 6.03. The molecule has 0 spiro atoms. The molecule has 2 amide bonds. The summed E-state index contributed by atoms with van der Waals surface area (Å²) in [4.78, 5) is 28.4. The Bertz CT molecular complexity index is 1470. The summed E-state index contributed by atoms with van der Waals surface area (Å²) in [5.41, 5.74) is 0.589. The number of benzene rings is 3. The van der Waals surface area contributed by atoms with Crippen LogP contribution in [0.3, 0.4) is 0 Å². The number of nitrogens with zero attached hydrogens (tertiary/aromatic N) is 2. The molecule has 0 heterocycles. The van der Waals surface area contributed by atoms with Crippen molar-refractivity contribution >= 4 is 50.7 Å². The van der Waals surface area contributed by atoms with Crippen LogP contribution >= 0.6 is 23.2 Å². The van der Waals surface area contributed by atoms with Crippen molar-refractivity contribution in [2.24, 2.45) is 0 Å².